The lowest BCUT2D eigenvalue weighted by Crippen LogP contribution is -2.14. The van der Waals surface area contributed by atoms with Crippen LogP contribution in [0.2, 0.25) is 0 Å². The van der Waals surface area contributed by atoms with Crippen LogP contribution in [0.4, 0.5) is 0 Å². The molecule has 1 aromatic carbocycles. The molecule has 0 saturated carbocycles. The maximum absolute atomic E-state index is 9.11. The zero-order chi connectivity index (χ0) is 11.3. The minimum Gasteiger partial charge on any atom is -0.493 e. The number of ether oxygens (including phenoxy) is 2. The van der Waals surface area contributed by atoms with E-state index < -0.39 is 6.10 Å². The molecule has 0 aliphatic rings. The van der Waals surface area contributed by atoms with E-state index in [1.807, 2.05) is 0 Å². The molecule has 0 aliphatic carbocycles. The van der Waals surface area contributed by atoms with Gasteiger partial charge in [-0.3, -0.25) is 0 Å². The Morgan fingerprint density at radius 1 is 1.40 bits per heavy atom. The number of methoxy groups -OCH3 is 1. The van der Waals surface area contributed by atoms with Gasteiger partial charge in [-0.1, -0.05) is 12.1 Å². The van der Waals surface area contributed by atoms with Crippen molar-refractivity contribution in [3.8, 4) is 11.5 Å². The van der Waals surface area contributed by atoms with Crippen molar-refractivity contribution in [2.24, 2.45) is 0 Å². The molecule has 1 rings (SSSR count). The molecule has 0 aliphatic heterocycles. The van der Waals surface area contributed by atoms with Crippen molar-refractivity contribution in [1.29, 1.82) is 0 Å². The van der Waals surface area contributed by atoms with E-state index in [9.17, 15) is 0 Å². The second kappa shape index (κ2) is 5.58. The summed E-state index contributed by atoms with van der Waals surface area (Å²) in [4.78, 5) is 0. The summed E-state index contributed by atoms with van der Waals surface area (Å²) in [6, 6.07) is 5.27. The summed E-state index contributed by atoms with van der Waals surface area (Å²) in [5.41, 5.74) is 0.648. The molecule has 1 unspecified atom stereocenters. The van der Waals surface area contributed by atoms with Crippen LogP contribution in [0, 0.1) is 0 Å². The van der Waals surface area contributed by atoms with Gasteiger partial charge in [0.05, 0.1) is 19.8 Å². The minimum atomic E-state index is -0.554. The minimum absolute atomic E-state index is 0.119. The number of benzene rings is 1. The van der Waals surface area contributed by atoms with Gasteiger partial charge >= 0.3 is 0 Å². The zero-order valence-electron chi connectivity index (χ0n) is 8.93. The van der Waals surface area contributed by atoms with E-state index in [0.717, 1.165) is 0 Å². The monoisotopic (exact) mass is 212 g/mol. The first-order valence-corrected chi connectivity index (χ1v) is 4.76. The van der Waals surface area contributed by atoms with E-state index >= 15 is 0 Å². The van der Waals surface area contributed by atoms with Crippen LogP contribution in [0.15, 0.2) is 18.2 Å². The van der Waals surface area contributed by atoms with Crippen LogP contribution in [0.1, 0.15) is 12.5 Å². The standard InChI is InChI=1S/C11H16O4/c1-8(13)7-15-11-9(6-12)4-3-5-10(11)14-2/h3-5,8,12-13H,6-7H2,1-2H3. The Kier molecular flexibility index (Phi) is 4.39. The highest BCUT2D eigenvalue weighted by Gasteiger charge is 2.10. The highest BCUT2D eigenvalue weighted by Crippen LogP contribution is 2.31. The van der Waals surface area contributed by atoms with Crippen LogP contribution in [0.3, 0.4) is 0 Å². The molecule has 15 heavy (non-hydrogen) atoms. The van der Waals surface area contributed by atoms with Gasteiger partial charge in [-0.25, -0.2) is 0 Å². The van der Waals surface area contributed by atoms with Crippen molar-refractivity contribution < 1.29 is 19.7 Å². The number of hydrogen-bond acceptors (Lipinski definition) is 4. The molecular formula is C11H16O4. The van der Waals surface area contributed by atoms with E-state index in [2.05, 4.69) is 0 Å². The van der Waals surface area contributed by atoms with Crippen LogP contribution in [0.25, 0.3) is 0 Å². The quantitative estimate of drug-likeness (QED) is 0.762. The first-order chi connectivity index (χ1) is 7.19. The average Bonchev–Trinajstić information content (AvgIpc) is 2.25. The largest absolute Gasteiger partial charge is 0.493 e. The van der Waals surface area contributed by atoms with Crippen molar-refractivity contribution in [1.82, 2.24) is 0 Å². The van der Waals surface area contributed by atoms with Gasteiger partial charge in [-0.15, -0.1) is 0 Å². The van der Waals surface area contributed by atoms with Crippen LogP contribution in [0.5, 0.6) is 11.5 Å². The van der Waals surface area contributed by atoms with E-state index in [4.69, 9.17) is 19.7 Å². The van der Waals surface area contributed by atoms with Crippen LogP contribution in [-0.2, 0) is 6.61 Å². The van der Waals surface area contributed by atoms with Gasteiger partial charge in [0, 0.05) is 5.56 Å². The summed E-state index contributed by atoms with van der Waals surface area (Å²) < 4.78 is 10.5. The third kappa shape index (κ3) is 3.11. The van der Waals surface area contributed by atoms with E-state index in [0.29, 0.717) is 17.1 Å². The molecule has 0 aromatic heterocycles. The molecular weight excluding hydrogens is 196 g/mol. The Labute approximate surface area is 89.1 Å². The maximum atomic E-state index is 9.11. The molecule has 0 bridgehead atoms. The van der Waals surface area contributed by atoms with E-state index in [1.54, 1.807) is 25.1 Å². The molecule has 0 amide bonds. The summed E-state index contributed by atoms with van der Waals surface area (Å²) in [5, 5.41) is 18.2. The summed E-state index contributed by atoms with van der Waals surface area (Å²) in [7, 11) is 1.53. The van der Waals surface area contributed by atoms with Gasteiger partial charge in [0.15, 0.2) is 11.5 Å². The Hall–Kier alpha value is -1.26. The predicted molar refractivity (Wildman–Crippen MR) is 56.1 cm³/mol. The summed E-state index contributed by atoms with van der Waals surface area (Å²) in [6.07, 6.45) is -0.554. The number of para-hydroxylation sites is 1. The first kappa shape index (κ1) is 11.8. The average molecular weight is 212 g/mol. The Morgan fingerprint density at radius 3 is 2.67 bits per heavy atom. The second-order valence-corrected chi connectivity index (χ2v) is 3.27. The summed E-state index contributed by atoms with van der Waals surface area (Å²) in [5.74, 6) is 1.05. The molecule has 4 heteroatoms. The second-order valence-electron chi connectivity index (χ2n) is 3.27. The number of rotatable bonds is 5. The molecule has 0 saturated heterocycles. The van der Waals surface area contributed by atoms with Crippen molar-refractivity contribution >= 4 is 0 Å². The Balaban J connectivity index is 2.89. The zero-order valence-corrected chi connectivity index (χ0v) is 8.93. The Morgan fingerprint density at radius 2 is 2.13 bits per heavy atom. The lowest BCUT2D eigenvalue weighted by Gasteiger charge is -2.14. The van der Waals surface area contributed by atoms with Gasteiger partial charge < -0.3 is 19.7 Å². The first-order valence-electron chi connectivity index (χ1n) is 4.76. The van der Waals surface area contributed by atoms with Crippen LogP contribution >= 0.6 is 0 Å². The summed E-state index contributed by atoms with van der Waals surface area (Å²) in [6.45, 7) is 1.69. The maximum Gasteiger partial charge on any atom is 0.166 e. The van der Waals surface area contributed by atoms with Crippen LogP contribution < -0.4 is 9.47 Å². The van der Waals surface area contributed by atoms with Gasteiger partial charge in [0.1, 0.15) is 6.61 Å². The molecule has 0 spiro atoms. The number of hydrogen-bond donors (Lipinski definition) is 2. The highest BCUT2D eigenvalue weighted by atomic mass is 16.5. The van der Waals surface area contributed by atoms with Crippen molar-refractivity contribution in [3.63, 3.8) is 0 Å². The SMILES string of the molecule is COc1cccc(CO)c1OCC(C)O. The van der Waals surface area contributed by atoms with Crippen molar-refractivity contribution in [2.45, 2.75) is 19.6 Å². The van der Waals surface area contributed by atoms with Crippen molar-refractivity contribution in [2.75, 3.05) is 13.7 Å². The molecule has 0 radical (unpaired) electrons. The normalized spacial score (nSPS) is 12.3. The molecule has 0 heterocycles. The van der Waals surface area contributed by atoms with Crippen molar-refractivity contribution in [3.05, 3.63) is 23.8 Å². The number of aliphatic hydroxyl groups excluding tert-OH is 2. The fraction of sp³-hybridized carbons (Fsp3) is 0.455. The van der Waals surface area contributed by atoms with E-state index in [1.165, 1.54) is 7.11 Å². The molecule has 0 fully saturated rings. The fourth-order valence-corrected chi connectivity index (χ4v) is 1.21. The van der Waals surface area contributed by atoms with Gasteiger partial charge in [0.25, 0.3) is 0 Å². The fourth-order valence-electron chi connectivity index (χ4n) is 1.21. The predicted octanol–water partition coefficient (Wildman–Crippen LogP) is 0.947. The third-order valence-electron chi connectivity index (χ3n) is 1.92. The topological polar surface area (TPSA) is 58.9 Å². The molecule has 84 valence electrons. The lowest BCUT2D eigenvalue weighted by atomic mass is 10.2. The van der Waals surface area contributed by atoms with Gasteiger partial charge in [-0.2, -0.15) is 0 Å². The van der Waals surface area contributed by atoms with Gasteiger partial charge in [-0.05, 0) is 13.0 Å². The Bertz CT molecular complexity index is 287. The smallest absolute Gasteiger partial charge is 0.166 e. The molecule has 2 N–H and O–H groups in total. The van der Waals surface area contributed by atoms with E-state index in [-0.39, 0.29) is 13.2 Å². The highest BCUT2D eigenvalue weighted by molar-refractivity contribution is 5.46. The molecule has 1 atom stereocenters. The summed E-state index contributed by atoms with van der Waals surface area (Å²) >= 11 is 0. The third-order valence-corrected chi connectivity index (χ3v) is 1.92. The van der Waals surface area contributed by atoms with Gasteiger partial charge in [0.2, 0.25) is 0 Å². The van der Waals surface area contributed by atoms with Crippen LogP contribution in [-0.4, -0.2) is 30.0 Å². The number of aliphatic hydroxyl groups is 2. The lowest BCUT2D eigenvalue weighted by molar-refractivity contribution is 0.118. The molecule has 4 nitrogen and oxygen atoms in total. The molecule has 1 aromatic rings.